The summed E-state index contributed by atoms with van der Waals surface area (Å²) in [5.41, 5.74) is 22.8. The number of aryl methyl sites for hydroxylation is 2. The zero-order valence-corrected chi connectivity index (χ0v) is 76.9. The lowest BCUT2D eigenvalue weighted by Crippen LogP contribution is -2.33. The Morgan fingerprint density at radius 1 is 0.417 bits per heavy atom. The smallest absolute Gasteiger partial charge is 0.351 e. The summed E-state index contributed by atoms with van der Waals surface area (Å²) in [7, 11) is 0. The molecule has 696 valence electrons. The molecule has 127 heavy (non-hydrogen) atoms. The standard InChI is InChI=1S/C62H85N21O32P6S6/c1-26-16-80(60(90)72-50(26)65)44-13-30(36(106-44)21-100-118(94,124)112-31-14-45(81-17-27(2)53(85)77-61(81)91)107-37(31)20-98-116(92,122)109-28-10-46(103-34(28)18-84)82-24-68-48-51(82)73-56(66)75-54(48)86)111-119(95,125)101-22-38-32(15-47(108-38)83-25-69-49-52(83)74-57(67)76-55(49)87)113-120(96,126)99-19-35-29(11-42(104-35)78-8-6-40(63)70-58(78)88)110-117(93,123)102-23-39-33(114-121(97,127)115-62(3,4)5)12-43(105-39)79-9-7-41(64)71-59(79)89/h6-9,16-17,24-25,28-39,42-47,84H,10-15,18-23H2,1-5H3,(H,92,122)(H,93,123)(H,94,124)(H,95,125)(H,96,126)(H,97,127)(H2,63,70,88)(H2,64,71,89)(H2,65,72,90)(H,77,85,91)(H3,66,73,75,86)(H3,67,74,76,87)/t28?,29?,30?,31?,32?,33?,34-,35-,36-,37-,38-,39-,42-,43-,44-,45-,46-,47-,116?,117?,118?,119?,120?,121?/m1/s1. The predicted molar refractivity (Wildman–Crippen MR) is 462 cm³/mol. The highest BCUT2D eigenvalue weighted by Gasteiger charge is 2.51. The van der Waals surface area contributed by atoms with Crippen LogP contribution in [0.2, 0.25) is 0 Å². The summed E-state index contributed by atoms with van der Waals surface area (Å²) < 4.78 is 116. The molecule has 53 nitrogen and oxygen atoms in total. The molecule has 6 fully saturated rings. The van der Waals surface area contributed by atoms with Crippen LogP contribution in [0.25, 0.3) is 22.3 Å². The van der Waals surface area contributed by atoms with E-state index in [1.807, 2.05) is 0 Å². The Morgan fingerprint density at radius 2 is 0.724 bits per heavy atom. The molecule has 24 atom stereocenters. The van der Waals surface area contributed by atoms with E-state index < -0.39 is 236 Å². The van der Waals surface area contributed by atoms with Gasteiger partial charge in [0.2, 0.25) is 11.9 Å². The molecule has 12 unspecified atom stereocenters. The van der Waals surface area contributed by atoms with E-state index in [2.05, 4.69) is 49.8 Å². The highest BCUT2D eigenvalue weighted by molar-refractivity contribution is 8.08. The quantitative estimate of drug-likeness (QED) is 0.0219. The maximum atomic E-state index is 13.6. The first-order valence-electron chi connectivity index (χ1n) is 37.9. The molecule has 0 saturated carbocycles. The molecule has 14 heterocycles. The monoisotopic (exact) mass is 2010 g/mol. The third-order valence-corrected chi connectivity index (χ3v) is 29.8. The van der Waals surface area contributed by atoms with Gasteiger partial charge in [0.1, 0.15) is 91.4 Å². The SMILES string of the molecule is Cc1cn([C@H]2CC(OP(O)(=S)OC[C@H]3O[C@@H](n4cnc5c(=O)[nH]c(N)nc54)CC3OP(O)(=S)OC[C@H]3O[C@@H](n4ccc(N)nc4=O)CC3OP(O)(=S)OC[C@H]3O[C@@H](n4ccc(N)nc4=O)CC3OP(O)(=S)OC(C)(C)C)[C@@H](COP(O)(=S)OC3C[C@H](n4cc(C)c(=O)[nH]c4=O)O[C@@H]3COP(O)(=S)OC3C[C@H](n4cnc5c(=O)[nH]c(N)nc54)O[C@@H]3CO)O2)c(=O)nc1N. The van der Waals surface area contributed by atoms with Gasteiger partial charge in [-0.3, -0.25) is 56.7 Å². The number of aromatic amines is 3. The topological polar surface area (TPSA) is 725 Å². The molecule has 0 amide bonds. The van der Waals surface area contributed by atoms with Crippen molar-refractivity contribution in [2.24, 2.45) is 0 Å². The van der Waals surface area contributed by atoms with Crippen LogP contribution in [-0.4, -0.2) is 230 Å². The molecule has 0 radical (unpaired) electrons. The number of nitrogens with two attached hydrogens (primary N) is 5. The minimum absolute atomic E-state index is 0.0355. The van der Waals surface area contributed by atoms with Gasteiger partial charge in [0, 0.05) is 74.4 Å². The molecule has 0 aliphatic carbocycles. The van der Waals surface area contributed by atoms with E-state index in [-0.39, 0.29) is 95.8 Å². The lowest BCUT2D eigenvalue weighted by Gasteiger charge is -2.29. The van der Waals surface area contributed by atoms with Crippen LogP contribution >= 0.6 is 40.3 Å². The van der Waals surface area contributed by atoms with E-state index >= 15 is 0 Å². The normalized spacial score (nSPS) is 29.3. The Balaban J connectivity index is 0.670. The first kappa shape index (κ1) is 97.0. The molecule has 6 aliphatic heterocycles. The average Bonchev–Trinajstić information content (AvgIpc) is 1.65. The molecule has 6 saturated heterocycles. The number of aliphatic hydroxyl groups is 1. The van der Waals surface area contributed by atoms with Gasteiger partial charge in [-0.2, -0.15) is 24.9 Å². The molecule has 8 aromatic rings. The van der Waals surface area contributed by atoms with Crippen molar-refractivity contribution in [1.82, 2.24) is 77.2 Å². The lowest BCUT2D eigenvalue weighted by atomic mass is 10.2. The first-order chi connectivity index (χ1) is 59.5. The van der Waals surface area contributed by atoms with Gasteiger partial charge in [-0.25, -0.2) is 29.1 Å². The van der Waals surface area contributed by atoms with Gasteiger partial charge in [0.15, 0.2) is 22.3 Å². The van der Waals surface area contributed by atoms with Crippen LogP contribution in [0.5, 0.6) is 0 Å². The third-order valence-electron chi connectivity index (χ3n) is 20.1. The highest BCUT2D eigenvalue weighted by atomic mass is 32.5. The van der Waals surface area contributed by atoms with Crippen molar-refractivity contribution in [3.63, 3.8) is 0 Å². The number of H-pyrrole nitrogens is 3. The number of rotatable bonds is 35. The summed E-state index contributed by atoms with van der Waals surface area (Å²) >= 11 is 33.2. The first-order valence-corrected chi connectivity index (χ1v) is 53.4. The van der Waals surface area contributed by atoms with Crippen molar-refractivity contribution in [2.75, 3.05) is 68.3 Å². The maximum Gasteiger partial charge on any atom is 0.351 e. The second-order valence-corrected chi connectivity index (χ2v) is 47.0. The molecule has 0 aromatic carbocycles. The molecule has 0 spiro atoms. The van der Waals surface area contributed by atoms with Crippen LogP contribution in [0.4, 0.5) is 29.4 Å². The van der Waals surface area contributed by atoms with Gasteiger partial charge in [0.05, 0.1) is 94.5 Å². The molecule has 6 aliphatic rings. The molecular weight excluding hydrogens is 1930 g/mol. The number of nitrogens with zero attached hydrogens (tertiary/aromatic N) is 13. The number of anilines is 5. The van der Waals surface area contributed by atoms with Gasteiger partial charge >= 0.3 is 63.1 Å². The maximum absolute atomic E-state index is 13.6. The van der Waals surface area contributed by atoms with Gasteiger partial charge in [-0.05, 0) is 118 Å². The van der Waals surface area contributed by atoms with Crippen LogP contribution in [-0.2, 0) is 154 Å². The summed E-state index contributed by atoms with van der Waals surface area (Å²) in [6.07, 6.45) is -17.6. The van der Waals surface area contributed by atoms with Crippen molar-refractivity contribution in [2.45, 2.75) is 189 Å². The van der Waals surface area contributed by atoms with Crippen LogP contribution < -0.4 is 68.1 Å². The van der Waals surface area contributed by atoms with E-state index in [9.17, 15) is 68.0 Å². The Hall–Kier alpha value is -6.08. The number of aromatic nitrogens is 16. The largest absolute Gasteiger partial charge is 0.394 e. The van der Waals surface area contributed by atoms with E-state index in [1.165, 1.54) is 65.6 Å². The fourth-order valence-electron chi connectivity index (χ4n) is 14.4. The molecule has 65 heteroatoms. The van der Waals surface area contributed by atoms with Crippen molar-refractivity contribution in [3.05, 3.63) is 134 Å². The van der Waals surface area contributed by atoms with Gasteiger partial charge in [-0.1, -0.05) is 0 Å². The fourth-order valence-corrected chi connectivity index (χ4v) is 24.0. The summed E-state index contributed by atoms with van der Waals surface area (Å²) in [6.45, 7) is -23.6. The number of ether oxygens (including phenoxy) is 6. The number of nitrogens with one attached hydrogen (secondary N) is 3. The van der Waals surface area contributed by atoms with Crippen LogP contribution in [0.3, 0.4) is 0 Å². The Bertz CT molecular complexity index is 6250. The zero-order valence-electron chi connectivity index (χ0n) is 66.7. The number of hydrogen-bond acceptors (Lipinski definition) is 44. The fraction of sp³-hybridized carbons (Fsp3) is 0.581. The van der Waals surface area contributed by atoms with Crippen molar-refractivity contribution >= 4 is 163 Å². The van der Waals surface area contributed by atoms with E-state index in [0.717, 1.165) is 18.3 Å². The van der Waals surface area contributed by atoms with E-state index in [1.54, 1.807) is 27.7 Å². The van der Waals surface area contributed by atoms with E-state index in [4.69, 9.17) is 182 Å². The molecular formula is C62H85N21O32P6S6. The minimum Gasteiger partial charge on any atom is -0.394 e. The second-order valence-electron chi connectivity index (χ2n) is 30.3. The van der Waals surface area contributed by atoms with Crippen molar-refractivity contribution in [3.8, 4) is 0 Å². The third kappa shape index (κ3) is 23.6. The van der Waals surface area contributed by atoms with Gasteiger partial charge in [0.25, 0.3) is 16.7 Å². The number of nitrogen functional groups attached to an aromatic ring is 5. The average molecular weight is 2010 g/mol. The van der Waals surface area contributed by atoms with E-state index in [0.29, 0.717) is 5.56 Å². The number of fused-ring (bicyclic) bond motifs is 2. The van der Waals surface area contributed by atoms with Gasteiger partial charge < -0.3 is 146 Å². The van der Waals surface area contributed by atoms with Crippen LogP contribution in [0.1, 0.15) is 108 Å². The summed E-state index contributed by atoms with van der Waals surface area (Å²) in [6, 6.07) is 2.64. The number of imidazole rings is 2. The highest BCUT2D eigenvalue weighted by Crippen LogP contribution is 2.58. The number of hydrogen-bond donors (Lipinski definition) is 15. The molecule has 8 aromatic heterocycles. The van der Waals surface area contributed by atoms with Crippen molar-refractivity contribution < 1.29 is 117 Å². The molecule has 20 N–H and O–H groups in total. The molecule has 14 rings (SSSR count). The summed E-state index contributed by atoms with van der Waals surface area (Å²) in [5, 5.41) is 10.4. The summed E-state index contributed by atoms with van der Waals surface area (Å²) in [4.78, 5) is 197. The van der Waals surface area contributed by atoms with Crippen LogP contribution in [0.15, 0.2) is 83.1 Å². The van der Waals surface area contributed by atoms with Gasteiger partial charge in [-0.15, -0.1) is 0 Å². The lowest BCUT2D eigenvalue weighted by molar-refractivity contribution is -0.0577. The number of aliphatic hydroxyl groups excluding tert-OH is 1. The van der Waals surface area contributed by atoms with Crippen molar-refractivity contribution in [1.29, 1.82) is 0 Å². The Labute approximate surface area is 744 Å². The van der Waals surface area contributed by atoms with Crippen LogP contribution in [0, 0.1) is 13.8 Å². The second kappa shape index (κ2) is 38.5. The Morgan fingerprint density at radius 3 is 1.07 bits per heavy atom. The summed E-state index contributed by atoms with van der Waals surface area (Å²) in [5.74, 6) is -0.891. The molecule has 0 bridgehead atoms. The predicted octanol–water partition coefficient (Wildman–Crippen LogP) is -0.671. The minimum atomic E-state index is -4.72. The Kier molecular flexibility index (Phi) is 29.4. The zero-order chi connectivity index (χ0) is 91.7.